The Balaban J connectivity index is 1.34. The molecule has 2 saturated carbocycles. The third-order valence-corrected chi connectivity index (χ3v) is 8.63. The number of halogens is 1. The summed E-state index contributed by atoms with van der Waals surface area (Å²) in [7, 11) is 1.46. The van der Waals surface area contributed by atoms with E-state index < -0.39 is 0 Å². The van der Waals surface area contributed by atoms with Gasteiger partial charge in [-0.25, -0.2) is 9.38 Å². The van der Waals surface area contributed by atoms with Crippen LogP contribution in [-0.4, -0.2) is 44.8 Å². The van der Waals surface area contributed by atoms with Crippen molar-refractivity contribution in [1.29, 1.82) is 0 Å². The first-order valence-corrected chi connectivity index (χ1v) is 13.6. The fourth-order valence-corrected chi connectivity index (χ4v) is 6.34. The maximum Gasteiger partial charge on any atom is 0.245 e. The van der Waals surface area contributed by atoms with Crippen LogP contribution in [0.1, 0.15) is 90.4 Å². The van der Waals surface area contributed by atoms with Gasteiger partial charge < -0.3 is 14.8 Å². The second-order valence-corrected chi connectivity index (χ2v) is 10.8. The number of rotatable bonds is 11. The van der Waals surface area contributed by atoms with Gasteiger partial charge in [0.2, 0.25) is 5.88 Å². The molecule has 0 aromatic carbocycles. The van der Waals surface area contributed by atoms with Crippen molar-refractivity contribution in [3.8, 4) is 0 Å². The predicted molar refractivity (Wildman–Crippen MR) is 137 cm³/mol. The molecule has 190 valence electrons. The standard InChI is InChI=1S/C28H44FN3O2/c1-3-24(29)26(33-2)31-17-7-16-30-18-14-27(15-19-34-28(21-27)12-4-5-13-28)25-11-10-23(20-32-25)22-8-6-9-22/h11,17,20,22-23,30H,3-10,12-16,18-19,21H2,1-2H3/b26-24-,31-17?/t23?,27-/m1/s1. The summed E-state index contributed by atoms with van der Waals surface area (Å²) in [6.45, 7) is 4.37. The van der Waals surface area contributed by atoms with Crippen molar-refractivity contribution in [2.45, 2.75) is 96.0 Å². The number of methoxy groups -OCH3 is 1. The topological polar surface area (TPSA) is 55.2 Å². The van der Waals surface area contributed by atoms with Crippen LogP contribution in [-0.2, 0) is 9.47 Å². The van der Waals surface area contributed by atoms with E-state index in [0.717, 1.165) is 57.7 Å². The van der Waals surface area contributed by atoms with Crippen molar-refractivity contribution in [3.63, 3.8) is 0 Å². The minimum Gasteiger partial charge on any atom is -0.479 e. The lowest BCUT2D eigenvalue weighted by atomic mass is 9.66. The summed E-state index contributed by atoms with van der Waals surface area (Å²) in [5, 5.41) is 3.59. The van der Waals surface area contributed by atoms with Gasteiger partial charge in [0, 0.05) is 49.0 Å². The van der Waals surface area contributed by atoms with E-state index in [1.165, 1.54) is 57.8 Å². The molecule has 1 saturated heterocycles. The van der Waals surface area contributed by atoms with Gasteiger partial charge in [-0.3, -0.25) is 4.99 Å². The van der Waals surface area contributed by atoms with E-state index in [-0.39, 0.29) is 22.7 Å². The fraction of sp³-hybridized carbons (Fsp3) is 0.786. The summed E-state index contributed by atoms with van der Waals surface area (Å²) >= 11 is 0. The average molecular weight is 474 g/mol. The van der Waals surface area contributed by atoms with Crippen molar-refractivity contribution in [1.82, 2.24) is 5.32 Å². The zero-order valence-corrected chi connectivity index (χ0v) is 21.3. The van der Waals surface area contributed by atoms with Crippen molar-refractivity contribution in [2.75, 3.05) is 26.8 Å². The lowest BCUT2D eigenvalue weighted by Gasteiger charge is -2.48. The molecule has 0 amide bonds. The van der Waals surface area contributed by atoms with Gasteiger partial charge in [0.05, 0.1) is 12.7 Å². The van der Waals surface area contributed by atoms with Crippen LogP contribution < -0.4 is 5.32 Å². The van der Waals surface area contributed by atoms with Crippen LogP contribution in [0.4, 0.5) is 4.39 Å². The van der Waals surface area contributed by atoms with Gasteiger partial charge in [-0.15, -0.1) is 0 Å². The number of aliphatic imine (C=N–C) groups is 2. The fourth-order valence-electron chi connectivity index (χ4n) is 6.34. The summed E-state index contributed by atoms with van der Waals surface area (Å²) in [5.41, 5.74) is 1.50. The smallest absolute Gasteiger partial charge is 0.245 e. The summed E-state index contributed by atoms with van der Waals surface area (Å²) < 4.78 is 25.1. The molecule has 1 unspecified atom stereocenters. The van der Waals surface area contributed by atoms with E-state index >= 15 is 0 Å². The molecular formula is C28H44FN3O2. The first kappa shape index (κ1) is 25.6. The molecule has 4 aliphatic rings. The van der Waals surface area contributed by atoms with Gasteiger partial charge in [0.15, 0.2) is 5.83 Å². The molecule has 1 N–H and O–H groups in total. The molecular weight excluding hydrogens is 429 g/mol. The zero-order chi connectivity index (χ0) is 23.9. The van der Waals surface area contributed by atoms with Crippen molar-refractivity contribution in [2.24, 2.45) is 27.2 Å². The highest BCUT2D eigenvalue weighted by atomic mass is 19.1. The zero-order valence-electron chi connectivity index (χ0n) is 21.3. The quantitative estimate of drug-likeness (QED) is 0.211. The maximum atomic E-state index is 13.7. The number of hydrogen-bond acceptors (Lipinski definition) is 5. The maximum absolute atomic E-state index is 13.7. The highest BCUT2D eigenvalue weighted by Crippen LogP contribution is 2.53. The highest BCUT2D eigenvalue weighted by Gasteiger charge is 2.49. The van der Waals surface area contributed by atoms with Crippen molar-refractivity contribution in [3.05, 3.63) is 23.5 Å². The molecule has 4 rings (SSSR count). The van der Waals surface area contributed by atoms with Crippen molar-refractivity contribution < 1.29 is 13.9 Å². The normalized spacial score (nSPS) is 29.9. The Kier molecular flexibility index (Phi) is 8.97. The summed E-state index contributed by atoms with van der Waals surface area (Å²) in [6.07, 6.45) is 21.1. The molecule has 6 heteroatoms. The summed E-state index contributed by atoms with van der Waals surface area (Å²) in [5.74, 6) is 1.29. The third-order valence-electron chi connectivity index (χ3n) is 8.63. The predicted octanol–water partition coefficient (Wildman–Crippen LogP) is 6.51. The Bertz CT molecular complexity index is 795. The molecule has 2 atom stereocenters. The number of allylic oxidation sites excluding steroid dienone is 3. The third kappa shape index (κ3) is 5.99. The van der Waals surface area contributed by atoms with E-state index in [4.69, 9.17) is 14.5 Å². The number of hydrogen-bond donors (Lipinski definition) is 1. The Morgan fingerprint density at radius 3 is 2.74 bits per heavy atom. The minimum atomic E-state index is -0.310. The number of ether oxygens (including phenoxy) is 2. The van der Waals surface area contributed by atoms with Crippen LogP contribution in [0.15, 0.2) is 33.5 Å². The lowest BCUT2D eigenvalue weighted by molar-refractivity contribution is -0.115. The van der Waals surface area contributed by atoms with Crippen LogP contribution in [0.5, 0.6) is 0 Å². The van der Waals surface area contributed by atoms with Gasteiger partial charge in [-0.1, -0.05) is 32.3 Å². The Hall–Kier alpha value is -1.53. The molecule has 1 spiro atoms. The molecule has 5 nitrogen and oxygen atoms in total. The summed E-state index contributed by atoms with van der Waals surface area (Å²) in [6, 6.07) is 0. The molecule has 0 aromatic rings. The highest BCUT2D eigenvalue weighted by molar-refractivity contribution is 5.65. The van der Waals surface area contributed by atoms with E-state index in [1.54, 1.807) is 13.1 Å². The number of nitrogens with one attached hydrogen (secondary N) is 1. The Morgan fingerprint density at radius 2 is 2.09 bits per heavy atom. The Morgan fingerprint density at radius 1 is 1.26 bits per heavy atom. The van der Waals surface area contributed by atoms with Crippen LogP contribution in [0.2, 0.25) is 0 Å². The first-order chi connectivity index (χ1) is 16.6. The van der Waals surface area contributed by atoms with Crippen LogP contribution in [0.3, 0.4) is 0 Å². The second kappa shape index (κ2) is 11.9. The van der Waals surface area contributed by atoms with Crippen LogP contribution in [0.25, 0.3) is 0 Å². The second-order valence-electron chi connectivity index (χ2n) is 10.8. The first-order valence-electron chi connectivity index (χ1n) is 13.6. The largest absolute Gasteiger partial charge is 0.479 e. The van der Waals surface area contributed by atoms with Crippen molar-refractivity contribution >= 4 is 12.4 Å². The lowest BCUT2D eigenvalue weighted by Crippen LogP contribution is -2.46. The molecule has 2 aliphatic heterocycles. The molecule has 0 bridgehead atoms. The average Bonchev–Trinajstić information content (AvgIpc) is 3.27. The Labute approximate surface area is 205 Å². The van der Waals surface area contributed by atoms with Gasteiger partial charge in [-0.05, 0) is 70.3 Å². The molecule has 0 aromatic heterocycles. The SMILES string of the molecule is CC/C(F)=C(\N=CCCNCC[C@@]1(C2=CCC(C3CCC3)C=N2)CCOC2(CCCC2)C1)OC. The molecule has 3 fully saturated rings. The minimum absolute atomic E-state index is 0.0678. The van der Waals surface area contributed by atoms with E-state index in [1.807, 2.05) is 0 Å². The van der Waals surface area contributed by atoms with Gasteiger partial charge in [0.25, 0.3) is 0 Å². The van der Waals surface area contributed by atoms with Gasteiger partial charge >= 0.3 is 0 Å². The van der Waals surface area contributed by atoms with E-state index in [9.17, 15) is 4.39 Å². The van der Waals surface area contributed by atoms with Gasteiger partial charge in [0.1, 0.15) is 0 Å². The molecule has 2 aliphatic carbocycles. The molecule has 34 heavy (non-hydrogen) atoms. The number of nitrogens with zero attached hydrogens (tertiary/aromatic N) is 2. The molecule has 0 radical (unpaired) electrons. The monoisotopic (exact) mass is 473 g/mol. The van der Waals surface area contributed by atoms with E-state index in [2.05, 4.69) is 22.6 Å². The van der Waals surface area contributed by atoms with Crippen LogP contribution >= 0.6 is 0 Å². The van der Waals surface area contributed by atoms with Crippen LogP contribution in [0, 0.1) is 17.3 Å². The van der Waals surface area contributed by atoms with Gasteiger partial charge in [-0.2, -0.15) is 0 Å². The summed E-state index contributed by atoms with van der Waals surface area (Å²) in [4.78, 5) is 9.26. The molecule has 2 heterocycles. The van der Waals surface area contributed by atoms with E-state index in [0.29, 0.717) is 12.3 Å².